The fourth-order valence-electron chi connectivity index (χ4n) is 0.752. The van der Waals surface area contributed by atoms with E-state index in [0.29, 0.717) is 26.2 Å². The zero-order valence-corrected chi connectivity index (χ0v) is 8.14. The van der Waals surface area contributed by atoms with Gasteiger partial charge in [0.2, 0.25) is 5.91 Å². The SMILES string of the molecule is C=CCCNC(=O)CNCCOC. The van der Waals surface area contributed by atoms with Crippen LogP contribution in [0.4, 0.5) is 0 Å². The van der Waals surface area contributed by atoms with Gasteiger partial charge in [-0.3, -0.25) is 4.79 Å². The smallest absolute Gasteiger partial charge is 0.233 e. The summed E-state index contributed by atoms with van der Waals surface area (Å²) in [5.41, 5.74) is 0. The van der Waals surface area contributed by atoms with E-state index >= 15 is 0 Å². The summed E-state index contributed by atoms with van der Waals surface area (Å²) in [6, 6.07) is 0. The molecule has 0 saturated heterocycles. The number of nitrogens with one attached hydrogen (secondary N) is 2. The standard InChI is InChI=1S/C9H18N2O2/c1-3-4-5-11-9(12)8-10-6-7-13-2/h3,10H,1,4-8H2,2H3,(H,11,12). The van der Waals surface area contributed by atoms with Gasteiger partial charge in [-0.05, 0) is 6.42 Å². The van der Waals surface area contributed by atoms with E-state index < -0.39 is 0 Å². The lowest BCUT2D eigenvalue weighted by atomic mass is 10.4. The van der Waals surface area contributed by atoms with Gasteiger partial charge in [0.1, 0.15) is 0 Å². The van der Waals surface area contributed by atoms with Crippen LogP contribution < -0.4 is 10.6 Å². The molecule has 0 rings (SSSR count). The predicted octanol–water partition coefficient (Wildman–Crippen LogP) is -0.0853. The maximum atomic E-state index is 11.0. The van der Waals surface area contributed by atoms with E-state index in [4.69, 9.17) is 4.74 Å². The van der Waals surface area contributed by atoms with E-state index in [0.717, 1.165) is 6.42 Å². The number of rotatable bonds is 8. The fourth-order valence-corrected chi connectivity index (χ4v) is 0.752. The maximum Gasteiger partial charge on any atom is 0.233 e. The van der Waals surface area contributed by atoms with Gasteiger partial charge in [0.05, 0.1) is 13.2 Å². The highest BCUT2D eigenvalue weighted by molar-refractivity contribution is 5.77. The first-order chi connectivity index (χ1) is 6.31. The van der Waals surface area contributed by atoms with Crippen LogP contribution in [0.3, 0.4) is 0 Å². The summed E-state index contributed by atoms with van der Waals surface area (Å²) in [4.78, 5) is 11.0. The van der Waals surface area contributed by atoms with Gasteiger partial charge < -0.3 is 15.4 Å². The van der Waals surface area contributed by atoms with Gasteiger partial charge in [-0.15, -0.1) is 6.58 Å². The van der Waals surface area contributed by atoms with Gasteiger partial charge in [0, 0.05) is 20.2 Å². The number of carbonyl (C=O) groups is 1. The topological polar surface area (TPSA) is 50.4 Å². The van der Waals surface area contributed by atoms with Crippen molar-refractivity contribution in [2.24, 2.45) is 0 Å². The largest absolute Gasteiger partial charge is 0.383 e. The summed E-state index contributed by atoms with van der Waals surface area (Å²) in [5.74, 6) is 0.0120. The summed E-state index contributed by atoms with van der Waals surface area (Å²) in [6.07, 6.45) is 2.59. The van der Waals surface area contributed by atoms with E-state index in [9.17, 15) is 4.79 Å². The number of hydrogen-bond acceptors (Lipinski definition) is 3. The van der Waals surface area contributed by atoms with Crippen molar-refractivity contribution in [3.05, 3.63) is 12.7 Å². The minimum atomic E-state index is 0.0120. The summed E-state index contributed by atoms with van der Waals surface area (Å²) < 4.78 is 4.81. The molecule has 4 nitrogen and oxygen atoms in total. The van der Waals surface area contributed by atoms with Crippen molar-refractivity contribution in [1.82, 2.24) is 10.6 Å². The molecule has 0 aliphatic rings. The van der Waals surface area contributed by atoms with Gasteiger partial charge in [0.25, 0.3) is 0 Å². The van der Waals surface area contributed by atoms with Crippen LogP contribution in [0, 0.1) is 0 Å². The zero-order chi connectivity index (χ0) is 9.94. The average molecular weight is 186 g/mol. The molecule has 0 radical (unpaired) electrons. The highest BCUT2D eigenvalue weighted by Crippen LogP contribution is 1.75. The second kappa shape index (κ2) is 9.22. The molecule has 0 heterocycles. The Kier molecular flexibility index (Phi) is 8.60. The van der Waals surface area contributed by atoms with Gasteiger partial charge in [-0.2, -0.15) is 0 Å². The van der Waals surface area contributed by atoms with Crippen molar-refractivity contribution < 1.29 is 9.53 Å². The van der Waals surface area contributed by atoms with Crippen LogP contribution in [0.25, 0.3) is 0 Å². The molecule has 0 atom stereocenters. The van der Waals surface area contributed by atoms with Crippen LogP contribution >= 0.6 is 0 Å². The monoisotopic (exact) mass is 186 g/mol. The van der Waals surface area contributed by atoms with Crippen LogP contribution in [0.2, 0.25) is 0 Å². The number of hydrogen-bond donors (Lipinski definition) is 2. The molecule has 4 heteroatoms. The first-order valence-corrected chi connectivity index (χ1v) is 4.38. The second-order valence-corrected chi connectivity index (χ2v) is 2.60. The number of methoxy groups -OCH3 is 1. The van der Waals surface area contributed by atoms with Crippen molar-refractivity contribution in [2.75, 3.05) is 33.4 Å². The molecule has 0 aromatic heterocycles. The molecule has 0 aliphatic carbocycles. The van der Waals surface area contributed by atoms with Gasteiger partial charge in [-0.25, -0.2) is 0 Å². The molecule has 0 aliphatic heterocycles. The van der Waals surface area contributed by atoms with Gasteiger partial charge in [0.15, 0.2) is 0 Å². The quantitative estimate of drug-likeness (QED) is 0.411. The fraction of sp³-hybridized carbons (Fsp3) is 0.667. The van der Waals surface area contributed by atoms with E-state index in [1.165, 1.54) is 0 Å². The minimum Gasteiger partial charge on any atom is -0.383 e. The third-order valence-corrected chi connectivity index (χ3v) is 1.44. The molecule has 0 aromatic rings. The molecule has 0 spiro atoms. The summed E-state index contributed by atoms with van der Waals surface area (Å²) in [5, 5.41) is 5.70. The van der Waals surface area contributed by atoms with Crippen molar-refractivity contribution in [3.63, 3.8) is 0 Å². The first kappa shape index (κ1) is 12.1. The summed E-state index contributed by atoms with van der Waals surface area (Å²) in [6.45, 7) is 5.89. The van der Waals surface area contributed by atoms with Crippen LogP contribution in [0.1, 0.15) is 6.42 Å². The molecular formula is C9H18N2O2. The molecule has 76 valence electrons. The molecular weight excluding hydrogens is 168 g/mol. The first-order valence-electron chi connectivity index (χ1n) is 4.38. The van der Waals surface area contributed by atoms with Crippen molar-refractivity contribution in [2.45, 2.75) is 6.42 Å². The highest BCUT2D eigenvalue weighted by atomic mass is 16.5. The molecule has 2 N–H and O–H groups in total. The molecule has 1 amide bonds. The molecule has 0 saturated carbocycles. The molecule has 0 aromatic carbocycles. The van der Waals surface area contributed by atoms with E-state index in [1.54, 1.807) is 13.2 Å². The van der Waals surface area contributed by atoms with Crippen molar-refractivity contribution >= 4 is 5.91 Å². The van der Waals surface area contributed by atoms with E-state index in [1.807, 2.05) is 0 Å². The molecule has 0 unspecified atom stereocenters. The molecule has 0 bridgehead atoms. The van der Waals surface area contributed by atoms with Gasteiger partial charge in [-0.1, -0.05) is 6.08 Å². The minimum absolute atomic E-state index is 0.0120. The normalized spacial score (nSPS) is 9.62. The van der Waals surface area contributed by atoms with Crippen LogP contribution in [0.5, 0.6) is 0 Å². The molecule has 0 fully saturated rings. The van der Waals surface area contributed by atoms with Crippen molar-refractivity contribution in [1.29, 1.82) is 0 Å². The van der Waals surface area contributed by atoms with Crippen LogP contribution in [-0.2, 0) is 9.53 Å². The lowest BCUT2D eigenvalue weighted by Crippen LogP contribution is -2.35. The number of carbonyl (C=O) groups excluding carboxylic acids is 1. The van der Waals surface area contributed by atoms with E-state index in [2.05, 4.69) is 17.2 Å². The summed E-state index contributed by atoms with van der Waals surface area (Å²) in [7, 11) is 1.63. The lowest BCUT2D eigenvalue weighted by molar-refractivity contribution is -0.120. The molecule has 13 heavy (non-hydrogen) atoms. The van der Waals surface area contributed by atoms with Crippen LogP contribution in [0.15, 0.2) is 12.7 Å². The van der Waals surface area contributed by atoms with Crippen LogP contribution in [-0.4, -0.2) is 39.3 Å². The maximum absolute atomic E-state index is 11.0. The number of ether oxygens (including phenoxy) is 1. The number of amides is 1. The highest BCUT2D eigenvalue weighted by Gasteiger charge is 1.97. The Bertz CT molecular complexity index is 149. The predicted molar refractivity (Wildman–Crippen MR) is 52.6 cm³/mol. The Hall–Kier alpha value is -0.870. The third-order valence-electron chi connectivity index (χ3n) is 1.44. The van der Waals surface area contributed by atoms with Gasteiger partial charge >= 0.3 is 0 Å². The third kappa shape index (κ3) is 9.04. The van der Waals surface area contributed by atoms with Crippen molar-refractivity contribution in [3.8, 4) is 0 Å². The zero-order valence-electron chi connectivity index (χ0n) is 8.14. The second-order valence-electron chi connectivity index (χ2n) is 2.60. The lowest BCUT2D eigenvalue weighted by Gasteiger charge is -2.04. The van der Waals surface area contributed by atoms with E-state index in [-0.39, 0.29) is 5.91 Å². The Morgan fingerprint density at radius 1 is 1.54 bits per heavy atom. The Morgan fingerprint density at radius 3 is 2.92 bits per heavy atom. The Morgan fingerprint density at radius 2 is 2.31 bits per heavy atom. The Balaban J connectivity index is 3.15. The average Bonchev–Trinajstić information content (AvgIpc) is 2.13. The summed E-state index contributed by atoms with van der Waals surface area (Å²) >= 11 is 0. The Labute approximate surface area is 79.3 Å².